The number of benzene rings is 2. The summed E-state index contributed by atoms with van der Waals surface area (Å²) in [5, 5.41) is 5.80. The smallest absolute Gasteiger partial charge is 0.350 e. The second-order valence-corrected chi connectivity index (χ2v) is 9.19. The molecule has 7 nitrogen and oxygen atoms in total. The summed E-state index contributed by atoms with van der Waals surface area (Å²) in [6, 6.07) is 15.4. The number of aromatic nitrogens is 1. The molecule has 174 valence electrons. The highest BCUT2D eigenvalue weighted by molar-refractivity contribution is 7.12. The van der Waals surface area contributed by atoms with Crippen molar-refractivity contribution in [2.24, 2.45) is 0 Å². The average molecular weight is 476 g/mol. The van der Waals surface area contributed by atoms with E-state index in [4.69, 9.17) is 9.47 Å². The number of hydrogen-bond donors (Lipinski definition) is 2. The second kappa shape index (κ2) is 8.87. The van der Waals surface area contributed by atoms with E-state index >= 15 is 0 Å². The van der Waals surface area contributed by atoms with Gasteiger partial charge in [0.15, 0.2) is 0 Å². The quantitative estimate of drug-likeness (QED) is 0.381. The highest BCUT2D eigenvalue weighted by Gasteiger charge is 2.35. The van der Waals surface area contributed by atoms with Gasteiger partial charge in [0.2, 0.25) is 0 Å². The number of rotatable bonds is 4. The van der Waals surface area contributed by atoms with E-state index in [0.717, 1.165) is 33.5 Å². The molecule has 1 atom stereocenters. The van der Waals surface area contributed by atoms with E-state index in [-0.39, 0.29) is 12.1 Å². The van der Waals surface area contributed by atoms with E-state index in [1.165, 1.54) is 24.0 Å². The van der Waals surface area contributed by atoms with Crippen molar-refractivity contribution >= 4 is 39.9 Å². The zero-order valence-corrected chi connectivity index (χ0v) is 20.0. The number of urea groups is 1. The largest absolute Gasteiger partial charge is 0.497 e. The lowest BCUT2D eigenvalue weighted by molar-refractivity contribution is 0.0607. The highest BCUT2D eigenvalue weighted by Crippen LogP contribution is 2.40. The summed E-state index contributed by atoms with van der Waals surface area (Å²) in [5.41, 5.74) is 5.81. The molecule has 2 N–H and O–H groups in total. The predicted octanol–water partition coefficient (Wildman–Crippen LogP) is 5.51. The number of carbonyl (C=O) groups is 2. The van der Waals surface area contributed by atoms with Crippen LogP contribution in [0.5, 0.6) is 5.75 Å². The second-order valence-electron chi connectivity index (χ2n) is 8.27. The maximum Gasteiger partial charge on any atom is 0.350 e. The van der Waals surface area contributed by atoms with Gasteiger partial charge in [-0.3, -0.25) is 0 Å². The monoisotopic (exact) mass is 475 g/mol. The molecule has 0 bridgehead atoms. The van der Waals surface area contributed by atoms with Crippen molar-refractivity contribution in [1.82, 2.24) is 9.88 Å². The van der Waals surface area contributed by atoms with Crippen LogP contribution >= 0.6 is 11.3 Å². The lowest BCUT2D eigenvalue weighted by Gasteiger charge is -2.36. The summed E-state index contributed by atoms with van der Waals surface area (Å²) in [5.74, 6) is 0.333. The first-order chi connectivity index (χ1) is 16.5. The first-order valence-electron chi connectivity index (χ1n) is 11.0. The van der Waals surface area contributed by atoms with Crippen LogP contribution in [0.4, 0.5) is 10.5 Å². The van der Waals surface area contributed by atoms with E-state index in [0.29, 0.717) is 23.5 Å². The number of amides is 2. The van der Waals surface area contributed by atoms with Crippen LogP contribution in [0.25, 0.3) is 10.9 Å². The SMILES string of the molecule is COC(=O)c1sccc1NC(=O)N1CCc2c([nH]c3ccc(OC)cc23)[C@@H]1c1ccc(C)cc1. The zero-order valence-electron chi connectivity index (χ0n) is 19.2. The Morgan fingerprint density at radius 1 is 1.12 bits per heavy atom. The number of methoxy groups -OCH3 is 2. The van der Waals surface area contributed by atoms with Gasteiger partial charge in [0, 0.05) is 23.1 Å². The normalized spacial score (nSPS) is 15.1. The molecule has 0 fully saturated rings. The standard InChI is InChI=1S/C26H25N3O4S/c1-15-4-6-16(7-5-15)23-22-18(19-14-17(32-2)8-9-20(19)27-22)10-12-29(23)26(31)28-21-11-13-34-24(21)25(30)33-3/h4-9,11,13-14,23,27H,10,12H2,1-3H3,(H,28,31)/t23-/m0/s1. The fraction of sp³-hybridized carbons (Fsp3) is 0.231. The molecule has 0 radical (unpaired) electrons. The molecule has 34 heavy (non-hydrogen) atoms. The molecule has 1 aliphatic heterocycles. The molecule has 2 aromatic heterocycles. The van der Waals surface area contributed by atoms with Gasteiger partial charge in [-0.05, 0) is 54.1 Å². The Morgan fingerprint density at radius 3 is 2.65 bits per heavy atom. The zero-order chi connectivity index (χ0) is 23.8. The van der Waals surface area contributed by atoms with Crippen molar-refractivity contribution in [3.05, 3.63) is 81.2 Å². The molecular weight excluding hydrogens is 450 g/mol. The fourth-order valence-corrected chi connectivity index (χ4v) is 5.32. The summed E-state index contributed by atoms with van der Waals surface area (Å²) < 4.78 is 10.3. The molecule has 0 spiro atoms. The molecule has 5 rings (SSSR count). The number of anilines is 1. The number of aryl methyl sites for hydroxylation is 1. The third-order valence-corrected chi connectivity index (χ3v) is 7.16. The van der Waals surface area contributed by atoms with Crippen LogP contribution in [0, 0.1) is 6.92 Å². The van der Waals surface area contributed by atoms with Crippen LogP contribution in [0.15, 0.2) is 53.9 Å². The summed E-state index contributed by atoms with van der Waals surface area (Å²) in [6.07, 6.45) is 0.700. The number of fused-ring (bicyclic) bond motifs is 3. The Bertz CT molecular complexity index is 1370. The molecule has 0 aliphatic carbocycles. The molecule has 0 saturated heterocycles. The third-order valence-electron chi connectivity index (χ3n) is 6.27. The Labute approximate surface area is 201 Å². The van der Waals surface area contributed by atoms with Gasteiger partial charge in [0.05, 0.1) is 25.9 Å². The Morgan fingerprint density at radius 2 is 1.91 bits per heavy atom. The van der Waals surface area contributed by atoms with Gasteiger partial charge in [0.1, 0.15) is 10.6 Å². The third kappa shape index (κ3) is 3.80. The molecule has 3 heterocycles. The molecule has 1 aliphatic rings. The van der Waals surface area contributed by atoms with Crippen molar-refractivity contribution in [2.45, 2.75) is 19.4 Å². The first-order valence-corrected chi connectivity index (χ1v) is 11.9. The van der Waals surface area contributed by atoms with Gasteiger partial charge < -0.3 is 24.7 Å². The summed E-state index contributed by atoms with van der Waals surface area (Å²) in [7, 11) is 2.99. The minimum absolute atomic E-state index is 0.268. The van der Waals surface area contributed by atoms with Crippen LogP contribution < -0.4 is 10.1 Å². The van der Waals surface area contributed by atoms with E-state index in [9.17, 15) is 9.59 Å². The van der Waals surface area contributed by atoms with Crippen molar-refractivity contribution in [2.75, 3.05) is 26.1 Å². The first kappa shape index (κ1) is 22.0. The molecule has 4 aromatic rings. The van der Waals surface area contributed by atoms with Crippen molar-refractivity contribution < 1.29 is 19.1 Å². The molecular formula is C26H25N3O4S. The van der Waals surface area contributed by atoms with Gasteiger partial charge in [-0.15, -0.1) is 11.3 Å². The maximum absolute atomic E-state index is 13.5. The summed E-state index contributed by atoms with van der Waals surface area (Å²) in [6.45, 7) is 2.57. The highest BCUT2D eigenvalue weighted by atomic mass is 32.1. The number of hydrogen-bond acceptors (Lipinski definition) is 5. The van der Waals surface area contributed by atoms with Crippen LogP contribution in [-0.4, -0.2) is 42.6 Å². The number of ether oxygens (including phenoxy) is 2. The van der Waals surface area contributed by atoms with Gasteiger partial charge in [0.25, 0.3) is 0 Å². The number of nitrogens with one attached hydrogen (secondary N) is 2. The Kier molecular flexibility index (Phi) is 5.75. The van der Waals surface area contributed by atoms with E-state index in [1.807, 2.05) is 30.0 Å². The van der Waals surface area contributed by atoms with E-state index in [1.54, 1.807) is 18.6 Å². The van der Waals surface area contributed by atoms with Crippen molar-refractivity contribution in [1.29, 1.82) is 0 Å². The lowest BCUT2D eigenvalue weighted by Crippen LogP contribution is -2.43. The van der Waals surface area contributed by atoms with E-state index in [2.05, 4.69) is 34.6 Å². The molecule has 0 unspecified atom stereocenters. The Balaban J connectivity index is 1.56. The van der Waals surface area contributed by atoms with Gasteiger partial charge in [-0.2, -0.15) is 0 Å². The minimum atomic E-state index is -0.467. The van der Waals surface area contributed by atoms with E-state index < -0.39 is 5.97 Å². The number of esters is 1. The predicted molar refractivity (Wildman–Crippen MR) is 133 cm³/mol. The number of aromatic amines is 1. The van der Waals surface area contributed by atoms with Crippen molar-refractivity contribution in [3.63, 3.8) is 0 Å². The molecule has 2 aromatic carbocycles. The lowest BCUT2D eigenvalue weighted by atomic mass is 9.92. The topological polar surface area (TPSA) is 83.7 Å². The van der Waals surface area contributed by atoms with Gasteiger partial charge in [-0.1, -0.05) is 29.8 Å². The van der Waals surface area contributed by atoms with Crippen LogP contribution in [0.2, 0.25) is 0 Å². The molecule has 0 saturated carbocycles. The summed E-state index contributed by atoms with van der Waals surface area (Å²) in [4.78, 5) is 31.4. The minimum Gasteiger partial charge on any atom is -0.497 e. The van der Waals surface area contributed by atoms with Gasteiger partial charge in [-0.25, -0.2) is 9.59 Å². The number of carbonyl (C=O) groups excluding carboxylic acids is 2. The Hall–Kier alpha value is -3.78. The maximum atomic E-state index is 13.5. The fourth-order valence-electron chi connectivity index (χ4n) is 4.55. The number of H-pyrrole nitrogens is 1. The average Bonchev–Trinajstić information content (AvgIpc) is 3.47. The van der Waals surface area contributed by atoms with Crippen molar-refractivity contribution in [3.8, 4) is 5.75 Å². The van der Waals surface area contributed by atoms with Crippen LogP contribution in [0.1, 0.15) is 38.1 Å². The summed E-state index contributed by atoms with van der Waals surface area (Å²) >= 11 is 1.24. The molecule has 2 amide bonds. The molecule has 8 heteroatoms. The van der Waals surface area contributed by atoms with Gasteiger partial charge >= 0.3 is 12.0 Å². The van der Waals surface area contributed by atoms with Crippen LogP contribution in [-0.2, 0) is 11.2 Å². The van der Waals surface area contributed by atoms with Crippen LogP contribution in [0.3, 0.4) is 0 Å². The number of nitrogens with zero attached hydrogens (tertiary/aromatic N) is 1. The number of thiophene rings is 1.